The Morgan fingerprint density at radius 2 is 1.82 bits per heavy atom. The Balaban J connectivity index is 1.87. The van der Waals surface area contributed by atoms with Gasteiger partial charge in [-0.15, -0.1) is 0 Å². The fourth-order valence-electron chi connectivity index (χ4n) is 3.67. The first-order valence-electron chi connectivity index (χ1n) is 9.74. The maximum absolute atomic E-state index is 13.4. The van der Waals surface area contributed by atoms with Crippen molar-refractivity contribution < 1.29 is 17.4 Å². The number of guanidine groups is 1. The summed E-state index contributed by atoms with van der Waals surface area (Å²) in [6.45, 7) is 0. The Labute approximate surface area is 190 Å². The van der Waals surface area contributed by atoms with Gasteiger partial charge in [-0.3, -0.25) is 14.7 Å². The van der Waals surface area contributed by atoms with Crippen molar-refractivity contribution in [2.24, 2.45) is 10.7 Å². The average Bonchev–Trinajstić information content (AvgIpc) is 3.03. The topological polar surface area (TPSA) is 139 Å². The third kappa shape index (κ3) is 4.02. The van der Waals surface area contributed by atoms with E-state index in [1.165, 1.54) is 24.1 Å². The van der Waals surface area contributed by atoms with Crippen molar-refractivity contribution in [2.75, 3.05) is 13.3 Å². The molecule has 33 heavy (non-hydrogen) atoms. The first-order valence-corrected chi connectivity index (χ1v) is 11.6. The largest absolute Gasteiger partial charge is 0.383 e. The molecule has 0 spiro atoms. The van der Waals surface area contributed by atoms with E-state index in [2.05, 4.69) is 16.0 Å². The summed E-state index contributed by atoms with van der Waals surface area (Å²) >= 11 is 0. The lowest BCUT2D eigenvalue weighted by atomic mass is 9.82. The highest BCUT2D eigenvalue weighted by atomic mass is 32.2. The van der Waals surface area contributed by atoms with Crippen LogP contribution in [0.4, 0.5) is 0 Å². The van der Waals surface area contributed by atoms with Crippen LogP contribution < -0.4 is 9.92 Å². The van der Waals surface area contributed by atoms with Gasteiger partial charge in [-0.2, -0.15) is 13.7 Å². The fraction of sp³-hybridized carbons (Fsp3) is 0.130. The molecule has 0 aliphatic carbocycles. The Hall–Kier alpha value is -4.23. The fourth-order valence-corrected chi connectivity index (χ4v) is 4.13. The Morgan fingerprint density at radius 1 is 1.09 bits per heavy atom. The standard InChI is InChI=1S/C23H19N5O4S/c1-28-21(29)23(27-22(28)25,17-6-8-19(9-7-17)32-33(2,30)31)18-10-11-26-20(13-18)16-5-3-4-15(12-16)14-24/h3-13H,1-2H3,(H2,25,27). The molecule has 0 fully saturated rings. The molecule has 1 aliphatic rings. The van der Waals surface area contributed by atoms with Crippen molar-refractivity contribution in [3.05, 3.63) is 83.6 Å². The summed E-state index contributed by atoms with van der Waals surface area (Å²) in [6.07, 6.45) is 2.51. The molecule has 0 bridgehead atoms. The second kappa shape index (κ2) is 8.03. The van der Waals surface area contributed by atoms with Crippen LogP contribution in [0.3, 0.4) is 0 Å². The predicted octanol–water partition coefficient (Wildman–Crippen LogP) is 1.99. The summed E-state index contributed by atoms with van der Waals surface area (Å²) in [5, 5.41) is 9.21. The van der Waals surface area contributed by atoms with E-state index in [9.17, 15) is 18.5 Å². The Bertz CT molecular complexity index is 1430. The lowest BCUT2D eigenvalue weighted by molar-refractivity contribution is -0.129. The highest BCUT2D eigenvalue weighted by Gasteiger charge is 2.49. The van der Waals surface area contributed by atoms with E-state index in [-0.39, 0.29) is 17.6 Å². The molecular weight excluding hydrogens is 442 g/mol. The molecule has 1 unspecified atom stereocenters. The molecule has 0 saturated heterocycles. The van der Waals surface area contributed by atoms with Crippen molar-refractivity contribution in [3.8, 4) is 23.1 Å². The summed E-state index contributed by atoms with van der Waals surface area (Å²) in [4.78, 5) is 23.6. The monoisotopic (exact) mass is 461 g/mol. The minimum Gasteiger partial charge on any atom is -0.383 e. The lowest BCUT2D eigenvalue weighted by Crippen LogP contribution is -2.41. The first kappa shape index (κ1) is 22.0. The van der Waals surface area contributed by atoms with Crippen molar-refractivity contribution in [1.82, 2.24) is 9.88 Å². The molecule has 1 amide bonds. The zero-order chi connectivity index (χ0) is 23.8. The zero-order valence-electron chi connectivity index (χ0n) is 17.8. The van der Waals surface area contributed by atoms with Crippen LogP contribution in [0.2, 0.25) is 0 Å². The van der Waals surface area contributed by atoms with Gasteiger partial charge in [-0.25, -0.2) is 4.99 Å². The molecule has 1 aromatic heterocycles. The predicted molar refractivity (Wildman–Crippen MR) is 121 cm³/mol. The molecule has 1 atom stereocenters. The third-order valence-electron chi connectivity index (χ3n) is 5.22. The molecule has 1 aliphatic heterocycles. The number of hydrogen-bond acceptors (Lipinski definition) is 8. The van der Waals surface area contributed by atoms with E-state index in [1.54, 1.807) is 48.7 Å². The molecule has 166 valence electrons. The number of aromatic nitrogens is 1. The van der Waals surface area contributed by atoms with Crippen molar-refractivity contribution in [2.45, 2.75) is 5.54 Å². The van der Waals surface area contributed by atoms with E-state index in [4.69, 9.17) is 9.92 Å². The second-order valence-electron chi connectivity index (χ2n) is 7.48. The number of nitrogens with zero attached hydrogens (tertiary/aromatic N) is 4. The number of pyridine rings is 1. The summed E-state index contributed by atoms with van der Waals surface area (Å²) in [5.74, 6) is -0.225. The van der Waals surface area contributed by atoms with E-state index in [0.29, 0.717) is 27.9 Å². The van der Waals surface area contributed by atoms with E-state index in [1.807, 2.05) is 6.07 Å². The average molecular weight is 462 g/mol. The number of aliphatic imine (C=N–C) groups is 1. The lowest BCUT2D eigenvalue weighted by Gasteiger charge is -2.26. The number of carbonyl (C=O) groups is 1. The van der Waals surface area contributed by atoms with E-state index in [0.717, 1.165) is 6.26 Å². The number of likely N-dealkylation sites (N-methyl/N-ethyl adjacent to an activating group) is 1. The van der Waals surface area contributed by atoms with Crippen molar-refractivity contribution >= 4 is 22.0 Å². The molecule has 2 heterocycles. The number of rotatable bonds is 5. The van der Waals surface area contributed by atoms with Crippen LogP contribution in [0.25, 0.3) is 11.3 Å². The highest BCUT2D eigenvalue weighted by molar-refractivity contribution is 7.86. The molecule has 0 radical (unpaired) electrons. The molecule has 9 nitrogen and oxygen atoms in total. The van der Waals surface area contributed by atoms with Gasteiger partial charge in [0, 0.05) is 18.8 Å². The molecule has 4 rings (SSSR count). The van der Waals surface area contributed by atoms with Gasteiger partial charge in [0.15, 0.2) is 11.5 Å². The molecule has 2 N–H and O–H groups in total. The number of amides is 1. The molecule has 3 aromatic rings. The maximum atomic E-state index is 13.4. The third-order valence-corrected chi connectivity index (χ3v) is 5.72. The molecule has 0 saturated carbocycles. The van der Waals surface area contributed by atoms with Crippen molar-refractivity contribution in [1.29, 1.82) is 5.26 Å². The molecule has 2 aromatic carbocycles. The minimum atomic E-state index is -3.70. The minimum absolute atomic E-state index is 0.0429. The van der Waals surface area contributed by atoms with E-state index >= 15 is 0 Å². The van der Waals surface area contributed by atoms with Crippen LogP contribution in [0, 0.1) is 11.3 Å². The van der Waals surface area contributed by atoms with Crippen molar-refractivity contribution in [3.63, 3.8) is 0 Å². The normalized spacial score (nSPS) is 18.0. The number of hydrogen-bond donors (Lipinski definition) is 1. The van der Waals surface area contributed by atoms with E-state index < -0.39 is 15.7 Å². The Kier molecular flexibility index (Phi) is 5.35. The van der Waals surface area contributed by atoms with Crippen LogP contribution in [0.15, 0.2) is 71.9 Å². The number of carbonyl (C=O) groups excluding carboxylic acids is 1. The van der Waals surface area contributed by atoms with Crippen LogP contribution in [-0.2, 0) is 20.5 Å². The number of nitrogens with two attached hydrogens (primary N) is 1. The summed E-state index contributed by atoms with van der Waals surface area (Å²) in [6, 6.07) is 18.5. The van der Waals surface area contributed by atoms with Gasteiger partial charge in [0.1, 0.15) is 5.75 Å². The van der Waals surface area contributed by atoms with Gasteiger partial charge < -0.3 is 9.92 Å². The SMILES string of the molecule is CN1C(=O)C(c2ccc(OS(C)(=O)=O)cc2)(c2ccnc(-c3cccc(C#N)c3)c2)N=C1N. The van der Waals surface area contributed by atoms with Crippen LogP contribution in [-0.4, -0.2) is 43.5 Å². The highest BCUT2D eigenvalue weighted by Crippen LogP contribution is 2.40. The van der Waals surface area contributed by atoms with Gasteiger partial charge in [0.25, 0.3) is 5.91 Å². The zero-order valence-corrected chi connectivity index (χ0v) is 18.6. The van der Waals surface area contributed by atoms with Crippen LogP contribution in [0.5, 0.6) is 5.75 Å². The molecular formula is C23H19N5O4S. The van der Waals surface area contributed by atoms with Crippen LogP contribution in [0.1, 0.15) is 16.7 Å². The Morgan fingerprint density at radius 3 is 2.42 bits per heavy atom. The smallest absolute Gasteiger partial charge is 0.306 e. The summed E-state index contributed by atoms with van der Waals surface area (Å²) in [5.41, 5.74) is 7.26. The summed E-state index contributed by atoms with van der Waals surface area (Å²) in [7, 11) is -2.17. The maximum Gasteiger partial charge on any atom is 0.306 e. The van der Waals surface area contributed by atoms with Gasteiger partial charge >= 0.3 is 10.1 Å². The second-order valence-corrected chi connectivity index (χ2v) is 9.05. The van der Waals surface area contributed by atoms with Gasteiger partial charge in [-0.05, 0) is 47.5 Å². The first-order chi connectivity index (χ1) is 15.6. The van der Waals surface area contributed by atoms with Crippen LogP contribution >= 0.6 is 0 Å². The van der Waals surface area contributed by atoms with Gasteiger partial charge in [0.05, 0.1) is 23.6 Å². The molecule has 10 heteroatoms. The van der Waals surface area contributed by atoms with Gasteiger partial charge in [-0.1, -0.05) is 24.3 Å². The number of nitriles is 1. The van der Waals surface area contributed by atoms with Gasteiger partial charge in [0.2, 0.25) is 0 Å². The summed E-state index contributed by atoms with van der Waals surface area (Å²) < 4.78 is 27.8. The number of benzene rings is 2. The quantitative estimate of drug-likeness (QED) is 0.573.